The first-order valence-electron chi connectivity index (χ1n) is 20.2. The summed E-state index contributed by atoms with van der Waals surface area (Å²) < 4.78 is 5.06. The van der Waals surface area contributed by atoms with Gasteiger partial charge in [0.05, 0.1) is 22.4 Å². The molecule has 2 nitrogen and oxygen atoms in total. The van der Waals surface area contributed by atoms with Crippen LogP contribution in [0, 0.1) is 0 Å². The second kappa shape index (κ2) is 13.6. The fourth-order valence-corrected chi connectivity index (χ4v) is 10.5. The van der Waals surface area contributed by atoms with Crippen LogP contribution in [0.15, 0.2) is 218 Å². The zero-order chi connectivity index (χ0) is 38.9. The molecule has 0 saturated carbocycles. The van der Waals surface area contributed by atoms with Gasteiger partial charge in [-0.2, -0.15) is 0 Å². The standard InChI is InChI=1S/C56H36N2S/c1-2-17-42-37(14-1)32-35-46-43(21-12-23-45(42)46)39-15-11-16-41(36-39)57(40-33-30-38(31-34-40)44-22-13-29-55-56(44)49-20-5-10-28-54(49)59-55)52-26-8-9-27-53(52)58-50-24-6-3-18-47(50)48-19-4-7-25-51(48)58/h1-36H. The van der Waals surface area contributed by atoms with E-state index in [-0.39, 0.29) is 0 Å². The molecular formula is C56H36N2S. The van der Waals surface area contributed by atoms with Crippen LogP contribution in [0.2, 0.25) is 0 Å². The van der Waals surface area contributed by atoms with Crippen molar-refractivity contribution >= 4 is 91.9 Å². The Morgan fingerprint density at radius 2 is 0.983 bits per heavy atom. The highest BCUT2D eigenvalue weighted by atomic mass is 32.1. The van der Waals surface area contributed by atoms with E-state index in [9.17, 15) is 0 Å². The molecule has 0 N–H and O–H groups in total. The lowest BCUT2D eigenvalue weighted by Crippen LogP contribution is -2.13. The number of nitrogens with zero attached hydrogens (tertiary/aromatic N) is 2. The van der Waals surface area contributed by atoms with Crippen LogP contribution in [-0.4, -0.2) is 4.57 Å². The average Bonchev–Trinajstić information content (AvgIpc) is 3.86. The first kappa shape index (κ1) is 33.7. The molecule has 0 radical (unpaired) electrons. The van der Waals surface area contributed by atoms with Gasteiger partial charge in [0.15, 0.2) is 0 Å². The number of hydrogen-bond acceptors (Lipinski definition) is 2. The lowest BCUT2D eigenvalue weighted by atomic mass is 9.94. The van der Waals surface area contributed by atoms with Gasteiger partial charge in [-0.25, -0.2) is 0 Å². The molecule has 0 aliphatic heterocycles. The smallest absolute Gasteiger partial charge is 0.0702 e. The molecule has 0 unspecified atom stereocenters. The molecule has 0 amide bonds. The van der Waals surface area contributed by atoms with Crippen molar-refractivity contribution in [2.24, 2.45) is 0 Å². The fourth-order valence-electron chi connectivity index (χ4n) is 9.36. The summed E-state index contributed by atoms with van der Waals surface area (Å²) in [5.41, 5.74) is 11.6. The summed E-state index contributed by atoms with van der Waals surface area (Å²) in [5, 5.41) is 10.2. The number of thiophene rings is 1. The largest absolute Gasteiger partial charge is 0.308 e. The number of anilines is 3. The monoisotopic (exact) mass is 768 g/mol. The highest BCUT2D eigenvalue weighted by Gasteiger charge is 2.21. The van der Waals surface area contributed by atoms with Gasteiger partial charge in [-0.1, -0.05) is 158 Å². The van der Waals surface area contributed by atoms with Crippen molar-refractivity contribution in [3.8, 4) is 27.9 Å². The zero-order valence-electron chi connectivity index (χ0n) is 32.1. The number of rotatable bonds is 6. The number of fused-ring (bicyclic) bond motifs is 9. The summed E-state index contributed by atoms with van der Waals surface area (Å²) in [6.45, 7) is 0. The van der Waals surface area contributed by atoms with Gasteiger partial charge in [0.1, 0.15) is 0 Å². The van der Waals surface area contributed by atoms with Crippen molar-refractivity contribution in [3.63, 3.8) is 0 Å². The lowest BCUT2D eigenvalue weighted by molar-refractivity contribution is 1.15. The van der Waals surface area contributed by atoms with E-state index in [2.05, 4.69) is 228 Å². The molecule has 59 heavy (non-hydrogen) atoms. The number of aromatic nitrogens is 1. The minimum atomic E-state index is 1.09. The molecule has 0 spiro atoms. The topological polar surface area (TPSA) is 8.17 Å². The summed E-state index contributed by atoms with van der Waals surface area (Å²) in [6.07, 6.45) is 0. The van der Waals surface area contributed by atoms with Gasteiger partial charge in [-0.15, -0.1) is 11.3 Å². The van der Waals surface area contributed by atoms with Gasteiger partial charge in [0, 0.05) is 42.3 Å². The van der Waals surface area contributed by atoms with Crippen LogP contribution in [0.1, 0.15) is 0 Å². The third-order valence-electron chi connectivity index (χ3n) is 12.0. The lowest BCUT2D eigenvalue weighted by Gasteiger charge is -2.29. The summed E-state index contributed by atoms with van der Waals surface area (Å²) in [5.74, 6) is 0. The van der Waals surface area contributed by atoms with E-state index in [0.29, 0.717) is 0 Å². The van der Waals surface area contributed by atoms with Crippen LogP contribution in [0.25, 0.3) is 91.5 Å². The van der Waals surface area contributed by atoms with Gasteiger partial charge in [-0.05, 0) is 104 Å². The molecule has 0 atom stereocenters. The molecule has 12 aromatic rings. The Labute approximate surface area is 346 Å². The molecule has 2 aromatic heterocycles. The molecule has 3 heteroatoms. The Morgan fingerprint density at radius 1 is 0.356 bits per heavy atom. The Balaban J connectivity index is 1.07. The first-order valence-corrected chi connectivity index (χ1v) is 21.0. The van der Waals surface area contributed by atoms with E-state index in [1.54, 1.807) is 0 Å². The number of para-hydroxylation sites is 4. The molecule has 0 aliphatic rings. The highest BCUT2D eigenvalue weighted by Crippen LogP contribution is 2.45. The normalized spacial score (nSPS) is 11.7. The predicted molar refractivity (Wildman–Crippen MR) is 254 cm³/mol. The van der Waals surface area contributed by atoms with Gasteiger partial charge >= 0.3 is 0 Å². The molecule has 276 valence electrons. The van der Waals surface area contributed by atoms with E-state index in [1.807, 2.05) is 11.3 Å². The molecule has 12 rings (SSSR count). The SMILES string of the molecule is c1cc(-c2cccc3c2ccc2ccccc23)cc(N(c2ccc(-c3cccc4sc5ccccc5c34)cc2)c2ccccc2-n2c3ccccc3c3ccccc32)c1. The van der Waals surface area contributed by atoms with E-state index < -0.39 is 0 Å². The maximum absolute atomic E-state index is 2.44. The summed E-state index contributed by atoms with van der Waals surface area (Å²) >= 11 is 1.86. The van der Waals surface area contributed by atoms with Gasteiger partial charge < -0.3 is 9.47 Å². The van der Waals surface area contributed by atoms with Crippen molar-refractivity contribution in [2.75, 3.05) is 4.90 Å². The van der Waals surface area contributed by atoms with Crippen molar-refractivity contribution in [1.29, 1.82) is 0 Å². The minimum Gasteiger partial charge on any atom is -0.308 e. The molecule has 2 heterocycles. The second-order valence-electron chi connectivity index (χ2n) is 15.3. The molecule has 0 fully saturated rings. The zero-order valence-corrected chi connectivity index (χ0v) is 32.9. The first-order chi connectivity index (χ1) is 29.3. The van der Waals surface area contributed by atoms with E-state index in [4.69, 9.17) is 0 Å². The fraction of sp³-hybridized carbons (Fsp3) is 0. The third kappa shape index (κ3) is 5.40. The van der Waals surface area contributed by atoms with E-state index >= 15 is 0 Å². The summed E-state index contributed by atoms with van der Waals surface area (Å²) in [6, 6.07) is 80.0. The van der Waals surface area contributed by atoms with Crippen molar-refractivity contribution in [2.45, 2.75) is 0 Å². The van der Waals surface area contributed by atoms with Crippen LogP contribution in [0.3, 0.4) is 0 Å². The van der Waals surface area contributed by atoms with Crippen LogP contribution in [0.5, 0.6) is 0 Å². The van der Waals surface area contributed by atoms with Gasteiger partial charge in [-0.3, -0.25) is 0 Å². The van der Waals surface area contributed by atoms with E-state index in [1.165, 1.54) is 85.8 Å². The van der Waals surface area contributed by atoms with Gasteiger partial charge in [0.25, 0.3) is 0 Å². The average molecular weight is 769 g/mol. The molecule has 0 bridgehead atoms. The Bertz CT molecular complexity index is 3520. The predicted octanol–water partition coefficient (Wildman–Crippen LogP) is 16.3. The molecule has 0 saturated heterocycles. The third-order valence-corrected chi connectivity index (χ3v) is 13.1. The maximum Gasteiger partial charge on any atom is 0.0702 e. The minimum absolute atomic E-state index is 1.09. The maximum atomic E-state index is 2.44. The van der Waals surface area contributed by atoms with Crippen LogP contribution < -0.4 is 4.90 Å². The van der Waals surface area contributed by atoms with Crippen LogP contribution in [-0.2, 0) is 0 Å². The molecular weight excluding hydrogens is 733 g/mol. The summed E-state index contributed by atoms with van der Waals surface area (Å²) in [7, 11) is 0. The molecule has 0 aliphatic carbocycles. The van der Waals surface area contributed by atoms with E-state index in [0.717, 1.165) is 22.7 Å². The Morgan fingerprint density at radius 3 is 1.81 bits per heavy atom. The molecule has 10 aromatic carbocycles. The van der Waals surface area contributed by atoms with Crippen molar-refractivity contribution < 1.29 is 0 Å². The quantitative estimate of drug-likeness (QED) is 0.153. The summed E-state index contributed by atoms with van der Waals surface area (Å²) in [4.78, 5) is 2.44. The second-order valence-corrected chi connectivity index (χ2v) is 16.3. The Kier molecular flexibility index (Phi) is 7.75. The van der Waals surface area contributed by atoms with Crippen molar-refractivity contribution in [3.05, 3.63) is 218 Å². The highest BCUT2D eigenvalue weighted by molar-refractivity contribution is 7.25. The Hall–Kier alpha value is -7.46. The van der Waals surface area contributed by atoms with Crippen LogP contribution in [0.4, 0.5) is 17.1 Å². The number of hydrogen-bond donors (Lipinski definition) is 0. The van der Waals surface area contributed by atoms with Gasteiger partial charge in [0.2, 0.25) is 0 Å². The number of benzene rings is 10. The van der Waals surface area contributed by atoms with Crippen LogP contribution >= 0.6 is 11.3 Å². The van der Waals surface area contributed by atoms with Crippen molar-refractivity contribution in [1.82, 2.24) is 4.57 Å².